The van der Waals surface area contributed by atoms with Gasteiger partial charge in [0.05, 0.1) is 25.9 Å². The first kappa shape index (κ1) is 13.8. The second kappa shape index (κ2) is 6.99. The fraction of sp³-hybridized carbons (Fsp3) is 0.500. The van der Waals surface area contributed by atoms with Crippen LogP contribution < -0.4 is 0 Å². The molecule has 1 aromatic rings. The molecule has 2 saturated heterocycles. The van der Waals surface area contributed by atoms with E-state index in [2.05, 4.69) is 17.0 Å². The summed E-state index contributed by atoms with van der Waals surface area (Å²) in [5.74, 6) is 0. The molecule has 0 amide bonds. The van der Waals surface area contributed by atoms with Crippen LogP contribution in [-0.4, -0.2) is 56.7 Å². The second-order valence-corrected chi connectivity index (χ2v) is 5.14. The highest BCUT2D eigenvalue weighted by Crippen LogP contribution is 2.16. The van der Waals surface area contributed by atoms with Gasteiger partial charge in [0, 0.05) is 19.6 Å². The molecule has 0 spiro atoms. The Balaban J connectivity index is 1.46. The van der Waals surface area contributed by atoms with Gasteiger partial charge in [0.15, 0.2) is 6.29 Å². The largest absolute Gasteiger partial charge is 0.379 e. The molecule has 1 aromatic carbocycles. The van der Waals surface area contributed by atoms with Gasteiger partial charge in [0.25, 0.3) is 0 Å². The first-order valence-electron chi connectivity index (χ1n) is 7.20. The van der Waals surface area contributed by atoms with Crippen LogP contribution in [0.4, 0.5) is 0 Å². The number of ether oxygens (including phenoxy) is 3. The molecular weight excluding hydrogens is 254 g/mol. The average molecular weight is 275 g/mol. The first-order chi connectivity index (χ1) is 9.90. The van der Waals surface area contributed by atoms with E-state index in [1.165, 1.54) is 0 Å². The predicted molar refractivity (Wildman–Crippen MR) is 77.3 cm³/mol. The summed E-state index contributed by atoms with van der Waals surface area (Å²) < 4.78 is 16.9. The molecule has 20 heavy (non-hydrogen) atoms. The van der Waals surface area contributed by atoms with Crippen molar-refractivity contribution in [3.8, 4) is 0 Å². The molecule has 0 saturated carbocycles. The van der Waals surface area contributed by atoms with Crippen molar-refractivity contribution in [3.05, 3.63) is 42.0 Å². The fourth-order valence-corrected chi connectivity index (χ4v) is 2.49. The van der Waals surface area contributed by atoms with Gasteiger partial charge in [-0.2, -0.15) is 0 Å². The van der Waals surface area contributed by atoms with Crippen LogP contribution >= 0.6 is 0 Å². The molecule has 3 rings (SSSR count). The quantitative estimate of drug-likeness (QED) is 0.838. The molecule has 0 unspecified atom stereocenters. The lowest BCUT2D eigenvalue weighted by Gasteiger charge is -2.28. The summed E-state index contributed by atoms with van der Waals surface area (Å²) in [6, 6.07) is 10.2. The number of hydrogen-bond acceptors (Lipinski definition) is 4. The van der Waals surface area contributed by atoms with Gasteiger partial charge in [-0.1, -0.05) is 36.4 Å². The Morgan fingerprint density at radius 1 is 1.15 bits per heavy atom. The van der Waals surface area contributed by atoms with Gasteiger partial charge >= 0.3 is 0 Å². The minimum atomic E-state index is -0.221. The third-order valence-corrected chi connectivity index (χ3v) is 3.58. The minimum Gasteiger partial charge on any atom is -0.379 e. The molecule has 0 aliphatic carbocycles. The van der Waals surface area contributed by atoms with Gasteiger partial charge in [0.1, 0.15) is 0 Å². The third-order valence-electron chi connectivity index (χ3n) is 3.58. The normalized spacial score (nSPS) is 28.2. The summed E-state index contributed by atoms with van der Waals surface area (Å²) in [5.41, 5.74) is 1.16. The Kier molecular flexibility index (Phi) is 4.82. The SMILES string of the molecule is C(=C\[C@@H]1OC[C@@H](CN2CCOCC2)O1)/c1ccccc1. The van der Waals surface area contributed by atoms with Crippen molar-refractivity contribution in [3.63, 3.8) is 0 Å². The van der Waals surface area contributed by atoms with Gasteiger partial charge in [-0.3, -0.25) is 4.90 Å². The number of rotatable bonds is 4. The molecular formula is C16H21NO3. The number of hydrogen-bond donors (Lipinski definition) is 0. The van der Waals surface area contributed by atoms with Crippen molar-refractivity contribution in [2.75, 3.05) is 39.5 Å². The van der Waals surface area contributed by atoms with E-state index in [1.807, 2.05) is 30.4 Å². The van der Waals surface area contributed by atoms with Crippen molar-refractivity contribution >= 4 is 6.08 Å². The van der Waals surface area contributed by atoms with Gasteiger partial charge in [-0.05, 0) is 11.6 Å². The maximum Gasteiger partial charge on any atom is 0.177 e. The molecule has 2 heterocycles. The smallest absolute Gasteiger partial charge is 0.177 e. The van der Waals surface area contributed by atoms with Crippen LogP contribution in [0.5, 0.6) is 0 Å². The molecule has 4 nitrogen and oxygen atoms in total. The molecule has 2 atom stereocenters. The van der Waals surface area contributed by atoms with E-state index in [4.69, 9.17) is 14.2 Å². The van der Waals surface area contributed by atoms with Gasteiger partial charge < -0.3 is 14.2 Å². The van der Waals surface area contributed by atoms with Crippen molar-refractivity contribution < 1.29 is 14.2 Å². The standard InChI is InChI=1S/C16H21NO3/c1-2-4-14(5-3-1)6-7-16-19-13-15(20-16)12-17-8-10-18-11-9-17/h1-7,15-16H,8-13H2/b7-6+/t15-,16-/m1/s1. The van der Waals surface area contributed by atoms with Crippen LogP contribution in [0.2, 0.25) is 0 Å². The van der Waals surface area contributed by atoms with Crippen LogP contribution in [0.25, 0.3) is 6.08 Å². The fourth-order valence-electron chi connectivity index (χ4n) is 2.49. The molecule has 2 aliphatic heterocycles. The van der Waals surface area contributed by atoms with Crippen molar-refractivity contribution in [2.24, 2.45) is 0 Å². The third kappa shape index (κ3) is 3.90. The van der Waals surface area contributed by atoms with E-state index >= 15 is 0 Å². The number of morpholine rings is 1. The van der Waals surface area contributed by atoms with Crippen LogP contribution in [0.1, 0.15) is 5.56 Å². The number of nitrogens with zero attached hydrogens (tertiary/aromatic N) is 1. The highest BCUT2D eigenvalue weighted by atomic mass is 16.7. The minimum absolute atomic E-state index is 0.165. The first-order valence-corrected chi connectivity index (χ1v) is 7.20. The van der Waals surface area contributed by atoms with E-state index in [1.54, 1.807) is 0 Å². The lowest BCUT2D eigenvalue weighted by atomic mass is 10.2. The second-order valence-electron chi connectivity index (χ2n) is 5.14. The van der Waals surface area contributed by atoms with E-state index in [9.17, 15) is 0 Å². The Hall–Kier alpha value is -1.20. The molecule has 2 fully saturated rings. The highest BCUT2D eigenvalue weighted by Gasteiger charge is 2.26. The monoisotopic (exact) mass is 275 g/mol. The van der Waals surface area contributed by atoms with E-state index < -0.39 is 0 Å². The lowest BCUT2D eigenvalue weighted by Crippen LogP contribution is -2.41. The van der Waals surface area contributed by atoms with Crippen molar-refractivity contribution in [1.29, 1.82) is 0 Å². The predicted octanol–water partition coefficient (Wildman–Crippen LogP) is 1.77. The van der Waals surface area contributed by atoms with Crippen LogP contribution in [0.3, 0.4) is 0 Å². The van der Waals surface area contributed by atoms with E-state index in [0.717, 1.165) is 38.4 Å². The Labute approximate surface area is 119 Å². The Bertz CT molecular complexity index is 429. The summed E-state index contributed by atoms with van der Waals surface area (Å²) in [5, 5.41) is 0. The molecule has 2 aliphatic rings. The highest BCUT2D eigenvalue weighted by molar-refractivity contribution is 5.49. The molecule has 0 N–H and O–H groups in total. The summed E-state index contributed by atoms with van der Waals surface area (Å²) >= 11 is 0. The zero-order valence-corrected chi connectivity index (χ0v) is 11.6. The summed E-state index contributed by atoms with van der Waals surface area (Å²) in [7, 11) is 0. The zero-order valence-electron chi connectivity index (χ0n) is 11.6. The van der Waals surface area contributed by atoms with E-state index in [-0.39, 0.29) is 12.4 Å². The van der Waals surface area contributed by atoms with Crippen molar-refractivity contribution in [2.45, 2.75) is 12.4 Å². The maximum absolute atomic E-state index is 5.89. The Morgan fingerprint density at radius 3 is 2.75 bits per heavy atom. The van der Waals surface area contributed by atoms with Crippen LogP contribution in [-0.2, 0) is 14.2 Å². The molecule has 4 heteroatoms. The van der Waals surface area contributed by atoms with Gasteiger partial charge in [0.2, 0.25) is 0 Å². The molecule has 0 bridgehead atoms. The van der Waals surface area contributed by atoms with E-state index in [0.29, 0.717) is 6.61 Å². The molecule has 108 valence electrons. The Morgan fingerprint density at radius 2 is 1.95 bits per heavy atom. The zero-order chi connectivity index (χ0) is 13.6. The summed E-state index contributed by atoms with van der Waals surface area (Å²) in [6.07, 6.45) is 3.97. The molecule has 0 radical (unpaired) electrons. The average Bonchev–Trinajstić information content (AvgIpc) is 2.95. The topological polar surface area (TPSA) is 30.9 Å². The lowest BCUT2D eigenvalue weighted by molar-refractivity contribution is -0.0340. The summed E-state index contributed by atoms with van der Waals surface area (Å²) in [4.78, 5) is 2.38. The number of benzene rings is 1. The molecule has 0 aromatic heterocycles. The van der Waals surface area contributed by atoms with Crippen molar-refractivity contribution in [1.82, 2.24) is 4.90 Å². The maximum atomic E-state index is 5.89. The van der Waals surface area contributed by atoms with Crippen LogP contribution in [0.15, 0.2) is 36.4 Å². The van der Waals surface area contributed by atoms with Gasteiger partial charge in [-0.15, -0.1) is 0 Å². The van der Waals surface area contributed by atoms with Crippen LogP contribution in [0, 0.1) is 0 Å². The summed E-state index contributed by atoms with van der Waals surface area (Å²) in [6.45, 7) is 5.23. The van der Waals surface area contributed by atoms with Gasteiger partial charge in [-0.25, -0.2) is 0 Å².